The van der Waals surface area contributed by atoms with E-state index < -0.39 is 5.60 Å². The van der Waals surface area contributed by atoms with Gasteiger partial charge >= 0.3 is 0 Å². The number of nitrogens with two attached hydrogens (primary N) is 1. The van der Waals surface area contributed by atoms with E-state index in [0.29, 0.717) is 23.7 Å². The maximum atomic E-state index is 12.5. The van der Waals surface area contributed by atoms with E-state index in [4.69, 9.17) is 5.73 Å². The summed E-state index contributed by atoms with van der Waals surface area (Å²) in [5, 5.41) is 30.7. The zero-order chi connectivity index (χ0) is 29.1. The summed E-state index contributed by atoms with van der Waals surface area (Å²) in [5.41, 5.74) is 5.15. The molecule has 4 rings (SSSR count). The van der Waals surface area contributed by atoms with Crippen molar-refractivity contribution in [3.63, 3.8) is 0 Å². The molecular formula is C35H67N3O2. The molecule has 0 amide bonds. The second-order valence-electron chi connectivity index (χ2n) is 16.0. The first kappa shape index (κ1) is 32.7. The van der Waals surface area contributed by atoms with E-state index in [1.165, 1.54) is 38.5 Å². The highest BCUT2D eigenvalue weighted by molar-refractivity contribution is 5.18. The summed E-state index contributed by atoms with van der Waals surface area (Å²) in [7, 11) is 0. The molecule has 6 N–H and O–H groups in total. The van der Waals surface area contributed by atoms with E-state index in [9.17, 15) is 10.2 Å². The van der Waals surface area contributed by atoms with Crippen molar-refractivity contribution in [2.75, 3.05) is 26.2 Å². The van der Waals surface area contributed by atoms with Crippen LogP contribution in [0, 0.1) is 52.3 Å². The number of hydrogen-bond acceptors (Lipinski definition) is 5. The van der Waals surface area contributed by atoms with E-state index in [1.54, 1.807) is 0 Å². The monoisotopic (exact) mass is 562 g/mol. The fourth-order valence-corrected chi connectivity index (χ4v) is 10.6. The summed E-state index contributed by atoms with van der Waals surface area (Å²) in [4.78, 5) is 0. The quantitative estimate of drug-likeness (QED) is 0.165. The molecule has 0 saturated heterocycles. The van der Waals surface area contributed by atoms with Crippen molar-refractivity contribution in [2.45, 2.75) is 143 Å². The summed E-state index contributed by atoms with van der Waals surface area (Å²) >= 11 is 0. The van der Waals surface area contributed by atoms with Gasteiger partial charge < -0.3 is 26.6 Å². The number of rotatable bonds is 14. The van der Waals surface area contributed by atoms with Gasteiger partial charge in [-0.1, -0.05) is 54.4 Å². The van der Waals surface area contributed by atoms with Crippen molar-refractivity contribution < 1.29 is 10.2 Å². The topological polar surface area (TPSA) is 90.5 Å². The average Bonchev–Trinajstić information content (AvgIpc) is 3.27. The molecule has 234 valence electrons. The molecule has 40 heavy (non-hydrogen) atoms. The summed E-state index contributed by atoms with van der Waals surface area (Å²) in [6.07, 6.45) is 14.5. The van der Waals surface area contributed by atoms with Crippen LogP contribution in [0.3, 0.4) is 0 Å². The van der Waals surface area contributed by atoms with Crippen molar-refractivity contribution in [1.82, 2.24) is 10.6 Å². The molecule has 0 bridgehead atoms. The third-order valence-corrected chi connectivity index (χ3v) is 13.6. The number of aliphatic hydroxyl groups excluding tert-OH is 1. The van der Waals surface area contributed by atoms with Crippen LogP contribution < -0.4 is 16.4 Å². The maximum Gasteiger partial charge on any atom is 0.0880 e. The minimum atomic E-state index is -0.813. The molecule has 4 aliphatic carbocycles. The lowest BCUT2D eigenvalue weighted by atomic mass is 9.42. The second kappa shape index (κ2) is 13.6. The lowest BCUT2D eigenvalue weighted by Crippen LogP contribution is -2.71. The lowest BCUT2D eigenvalue weighted by molar-refractivity contribution is -0.234. The molecule has 11 atom stereocenters. The van der Waals surface area contributed by atoms with Gasteiger partial charge in [0.2, 0.25) is 0 Å². The Bertz CT molecular complexity index is 793. The van der Waals surface area contributed by atoms with Gasteiger partial charge in [0.05, 0.1) is 11.7 Å². The van der Waals surface area contributed by atoms with Crippen molar-refractivity contribution in [1.29, 1.82) is 0 Å². The number of aliphatic hydroxyl groups is 2. The molecule has 0 heterocycles. The van der Waals surface area contributed by atoms with E-state index in [-0.39, 0.29) is 17.6 Å². The Hall–Kier alpha value is -0.200. The molecule has 0 aromatic heterocycles. The van der Waals surface area contributed by atoms with Gasteiger partial charge in [0.25, 0.3) is 0 Å². The lowest BCUT2D eigenvalue weighted by Gasteiger charge is -2.66. The van der Waals surface area contributed by atoms with Crippen molar-refractivity contribution in [3.05, 3.63) is 0 Å². The molecule has 0 aromatic rings. The third kappa shape index (κ3) is 6.35. The molecule has 5 heteroatoms. The van der Waals surface area contributed by atoms with Crippen LogP contribution in [-0.2, 0) is 0 Å². The van der Waals surface area contributed by atoms with Gasteiger partial charge in [-0.2, -0.15) is 0 Å². The normalized spacial score (nSPS) is 42.8. The smallest absolute Gasteiger partial charge is 0.0880 e. The zero-order valence-corrected chi connectivity index (χ0v) is 27.2. The number of unbranched alkanes of at least 4 members (excludes halogenated alkanes) is 1. The van der Waals surface area contributed by atoms with E-state index in [1.807, 2.05) is 0 Å². The van der Waals surface area contributed by atoms with Gasteiger partial charge in [-0.25, -0.2) is 0 Å². The first-order valence-electron chi connectivity index (χ1n) is 17.5. The molecule has 0 radical (unpaired) electrons. The van der Waals surface area contributed by atoms with Gasteiger partial charge in [0.1, 0.15) is 0 Å². The maximum absolute atomic E-state index is 12.5. The second-order valence-corrected chi connectivity index (χ2v) is 16.0. The highest BCUT2D eigenvalue weighted by Crippen LogP contribution is 2.69. The van der Waals surface area contributed by atoms with Gasteiger partial charge in [0, 0.05) is 17.9 Å². The van der Waals surface area contributed by atoms with Gasteiger partial charge in [-0.05, 0) is 137 Å². The predicted molar refractivity (Wildman–Crippen MR) is 168 cm³/mol. The van der Waals surface area contributed by atoms with Crippen LogP contribution >= 0.6 is 0 Å². The molecule has 3 unspecified atom stereocenters. The standard InChI is InChI=1S/C35H67N3O2/c1-24(2)25(3)10-11-26(4)29-12-13-30-28-22-32(38-21-9-20-37-19-8-7-18-36)35(40)23-27(39)14-17-34(35,6)31(28)15-16-33(29,30)5/h24-32,37-40H,7-23,36H2,1-6H3/t25-,26-,27?,28+,29-,30+,31+,32?,33-,34-,35?/m1/s1. The average molecular weight is 562 g/mol. The molecule has 5 nitrogen and oxygen atoms in total. The highest BCUT2D eigenvalue weighted by atomic mass is 16.3. The van der Waals surface area contributed by atoms with E-state index >= 15 is 0 Å². The number of hydrogen-bond donors (Lipinski definition) is 5. The van der Waals surface area contributed by atoms with Gasteiger partial charge in [-0.3, -0.25) is 0 Å². The molecule has 0 aromatic carbocycles. The Morgan fingerprint density at radius 1 is 0.875 bits per heavy atom. The molecule has 4 aliphatic rings. The first-order chi connectivity index (χ1) is 19.0. The Morgan fingerprint density at radius 3 is 2.35 bits per heavy atom. The molecule has 4 saturated carbocycles. The summed E-state index contributed by atoms with van der Waals surface area (Å²) in [6, 6.07) is 0.0802. The fraction of sp³-hybridized carbons (Fsp3) is 1.00. The van der Waals surface area contributed by atoms with Crippen LogP contribution in [0.5, 0.6) is 0 Å². The summed E-state index contributed by atoms with van der Waals surface area (Å²) in [5.74, 6) is 5.30. The summed E-state index contributed by atoms with van der Waals surface area (Å²) < 4.78 is 0. The van der Waals surface area contributed by atoms with Crippen molar-refractivity contribution in [2.24, 2.45) is 58.0 Å². The number of fused-ring (bicyclic) bond motifs is 5. The molecule has 0 aliphatic heterocycles. The Balaban J connectivity index is 1.45. The first-order valence-corrected chi connectivity index (χ1v) is 17.5. The van der Waals surface area contributed by atoms with Crippen LogP contribution in [0.25, 0.3) is 0 Å². The molecule has 4 fully saturated rings. The highest BCUT2D eigenvalue weighted by Gasteiger charge is 2.67. The van der Waals surface area contributed by atoms with Gasteiger partial charge in [0.15, 0.2) is 0 Å². The minimum absolute atomic E-state index is 0.0802. The van der Waals surface area contributed by atoms with Crippen molar-refractivity contribution in [3.8, 4) is 0 Å². The number of nitrogens with one attached hydrogen (secondary N) is 2. The zero-order valence-electron chi connectivity index (χ0n) is 27.2. The van der Waals surface area contributed by atoms with Crippen LogP contribution in [0.1, 0.15) is 125 Å². The largest absolute Gasteiger partial charge is 0.393 e. The summed E-state index contributed by atoms with van der Waals surface area (Å²) in [6.45, 7) is 18.6. The molecular weight excluding hydrogens is 494 g/mol. The van der Waals surface area contributed by atoms with E-state index in [0.717, 1.165) is 94.3 Å². The van der Waals surface area contributed by atoms with Crippen LogP contribution in [0.2, 0.25) is 0 Å². The van der Waals surface area contributed by atoms with Crippen LogP contribution in [0.15, 0.2) is 0 Å². The Morgan fingerprint density at radius 2 is 1.62 bits per heavy atom. The Labute approximate surface area is 247 Å². The fourth-order valence-electron chi connectivity index (χ4n) is 10.6. The van der Waals surface area contributed by atoms with Crippen LogP contribution in [-0.4, -0.2) is 54.1 Å². The SMILES string of the molecule is CC(C)[C@H](C)CC[C@@H](C)[C@H]1CC[C@H]2[C@@H]3CC(NCCCNCCCCN)C4(O)CC(O)CC[C@]4(C)[C@H]3CC[C@]12C. The predicted octanol–water partition coefficient (Wildman–Crippen LogP) is 6.12. The van der Waals surface area contributed by atoms with Crippen molar-refractivity contribution >= 4 is 0 Å². The van der Waals surface area contributed by atoms with Gasteiger partial charge in [-0.15, -0.1) is 0 Å². The third-order valence-electron chi connectivity index (χ3n) is 13.6. The Kier molecular flexibility index (Phi) is 11.1. The van der Waals surface area contributed by atoms with E-state index in [2.05, 4.69) is 52.2 Å². The van der Waals surface area contributed by atoms with Crippen LogP contribution in [0.4, 0.5) is 0 Å². The molecule has 0 spiro atoms. The minimum Gasteiger partial charge on any atom is -0.393 e.